The monoisotopic (exact) mass is 274 g/mol. The van der Waals surface area contributed by atoms with Crippen LogP contribution in [0, 0.1) is 0 Å². The highest BCUT2D eigenvalue weighted by Crippen LogP contribution is 2.24. The maximum Gasteiger partial charge on any atom is 0.233 e. The van der Waals surface area contributed by atoms with E-state index in [-0.39, 0.29) is 5.41 Å². The standard InChI is InChI=1S/C13H18N6O/c1-13(2,3)9-7-10(17-14)16-12(15-9)8-5-6-11(20-4)19-18-8/h5-7H,14H2,1-4H3,(H,15,16,17). The fourth-order valence-corrected chi connectivity index (χ4v) is 1.57. The molecule has 0 radical (unpaired) electrons. The van der Waals surface area contributed by atoms with E-state index in [0.29, 0.717) is 23.2 Å². The van der Waals surface area contributed by atoms with Crippen LogP contribution in [0.25, 0.3) is 11.5 Å². The molecule has 0 aromatic carbocycles. The zero-order valence-electron chi connectivity index (χ0n) is 12.0. The van der Waals surface area contributed by atoms with Gasteiger partial charge >= 0.3 is 0 Å². The molecule has 0 amide bonds. The highest BCUT2D eigenvalue weighted by molar-refractivity contribution is 5.53. The van der Waals surface area contributed by atoms with E-state index < -0.39 is 0 Å². The molecule has 7 heteroatoms. The summed E-state index contributed by atoms with van der Waals surface area (Å²) in [6.45, 7) is 6.21. The summed E-state index contributed by atoms with van der Waals surface area (Å²) in [6, 6.07) is 5.29. The van der Waals surface area contributed by atoms with Crippen molar-refractivity contribution < 1.29 is 4.74 Å². The molecule has 0 saturated carbocycles. The van der Waals surface area contributed by atoms with E-state index in [2.05, 4.69) is 46.4 Å². The summed E-state index contributed by atoms with van der Waals surface area (Å²) in [5.41, 5.74) is 3.86. The molecule has 0 fully saturated rings. The van der Waals surface area contributed by atoms with Crippen LogP contribution in [0.5, 0.6) is 5.88 Å². The van der Waals surface area contributed by atoms with Crippen molar-refractivity contribution in [2.24, 2.45) is 5.84 Å². The average Bonchev–Trinajstić information content (AvgIpc) is 2.46. The molecular formula is C13H18N6O. The summed E-state index contributed by atoms with van der Waals surface area (Å²) in [5, 5.41) is 7.97. The van der Waals surface area contributed by atoms with Crippen LogP contribution in [0.4, 0.5) is 5.82 Å². The van der Waals surface area contributed by atoms with Crippen molar-refractivity contribution in [2.45, 2.75) is 26.2 Å². The molecule has 2 rings (SSSR count). The van der Waals surface area contributed by atoms with Crippen LogP contribution in [-0.2, 0) is 5.41 Å². The largest absolute Gasteiger partial charge is 0.480 e. The van der Waals surface area contributed by atoms with Crippen LogP contribution in [0.3, 0.4) is 0 Å². The van der Waals surface area contributed by atoms with Crippen LogP contribution in [0.15, 0.2) is 18.2 Å². The third kappa shape index (κ3) is 3.00. The maximum atomic E-state index is 5.46. The summed E-state index contributed by atoms with van der Waals surface area (Å²) in [7, 11) is 1.54. The van der Waals surface area contributed by atoms with E-state index in [1.165, 1.54) is 7.11 Å². The minimum absolute atomic E-state index is 0.122. The van der Waals surface area contributed by atoms with Gasteiger partial charge in [0, 0.05) is 17.5 Å². The molecule has 0 aliphatic carbocycles. The van der Waals surface area contributed by atoms with E-state index in [1.54, 1.807) is 12.1 Å². The number of hydrogen-bond acceptors (Lipinski definition) is 7. The zero-order chi connectivity index (χ0) is 14.8. The van der Waals surface area contributed by atoms with Crippen LogP contribution in [0.2, 0.25) is 0 Å². The Morgan fingerprint density at radius 3 is 2.40 bits per heavy atom. The highest BCUT2D eigenvalue weighted by Gasteiger charge is 2.19. The Bertz CT molecular complexity index is 591. The molecule has 0 aliphatic rings. The van der Waals surface area contributed by atoms with Crippen LogP contribution < -0.4 is 16.0 Å². The third-order valence-corrected chi connectivity index (χ3v) is 2.72. The van der Waals surface area contributed by atoms with E-state index >= 15 is 0 Å². The number of nitrogens with zero attached hydrogens (tertiary/aromatic N) is 4. The number of nitrogen functional groups attached to an aromatic ring is 1. The van der Waals surface area contributed by atoms with Gasteiger partial charge in [0.05, 0.1) is 12.8 Å². The summed E-state index contributed by atoms with van der Waals surface area (Å²) >= 11 is 0. The topological polar surface area (TPSA) is 98.8 Å². The lowest BCUT2D eigenvalue weighted by Gasteiger charge is -2.19. The van der Waals surface area contributed by atoms with Crippen molar-refractivity contribution in [1.82, 2.24) is 20.2 Å². The molecule has 0 saturated heterocycles. The molecule has 2 heterocycles. The van der Waals surface area contributed by atoms with Gasteiger partial charge in [0.2, 0.25) is 5.88 Å². The third-order valence-electron chi connectivity index (χ3n) is 2.72. The maximum absolute atomic E-state index is 5.46. The van der Waals surface area contributed by atoms with Gasteiger partial charge in [0.15, 0.2) is 5.82 Å². The average molecular weight is 274 g/mol. The van der Waals surface area contributed by atoms with E-state index in [1.807, 2.05) is 6.07 Å². The first-order valence-electron chi connectivity index (χ1n) is 6.18. The second kappa shape index (κ2) is 5.38. The lowest BCUT2D eigenvalue weighted by atomic mass is 9.92. The molecule has 2 aromatic heterocycles. The second-order valence-corrected chi connectivity index (χ2v) is 5.32. The molecule has 0 bridgehead atoms. The number of aromatic nitrogens is 4. The lowest BCUT2D eigenvalue weighted by molar-refractivity contribution is 0.392. The second-order valence-electron chi connectivity index (χ2n) is 5.32. The van der Waals surface area contributed by atoms with Crippen LogP contribution >= 0.6 is 0 Å². The van der Waals surface area contributed by atoms with E-state index in [4.69, 9.17) is 10.6 Å². The Balaban J connectivity index is 2.49. The Labute approximate surface area is 117 Å². The van der Waals surface area contributed by atoms with Gasteiger partial charge in [-0.3, -0.25) is 0 Å². The summed E-state index contributed by atoms with van der Waals surface area (Å²) in [5.74, 6) is 6.91. The van der Waals surface area contributed by atoms with Crippen molar-refractivity contribution in [3.05, 3.63) is 23.9 Å². The number of nitrogens with one attached hydrogen (secondary N) is 1. The molecule has 0 spiro atoms. The number of methoxy groups -OCH3 is 1. The molecular weight excluding hydrogens is 256 g/mol. The Morgan fingerprint density at radius 1 is 1.15 bits per heavy atom. The number of nitrogens with two attached hydrogens (primary N) is 1. The zero-order valence-corrected chi connectivity index (χ0v) is 12.0. The Hall–Kier alpha value is -2.28. The van der Waals surface area contributed by atoms with Gasteiger partial charge in [-0.05, 0) is 6.07 Å². The predicted octanol–water partition coefficient (Wildman–Crippen LogP) is 1.53. The van der Waals surface area contributed by atoms with Gasteiger partial charge < -0.3 is 10.2 Å². The van der Waals surface area contributed by atoms with Crippen LogP contribution in [-0.4, -0.2) is 27.3 Å². The Kier molecular flexibility index (Phi) is 3.80. The summed E-state index contributed by atoms with van der Waals surface area (Å²) in [6.07, 6.45) is 0. The fraction of sp³-hybridized carbons (Fsp3) is 0.385. The first kappa shape index (κ1) is 14.1. The molecule has 2 aromatic rings. The molecule has 0 atom stereocenters. The molecule has 3 N–H and O–H groups in total. The van der Waals surface area contributed by atoms with Crippen molar-refractivity contribution in [3.8, 4) is 17.4 Å². The van der Waals surface area contributed by atoms with E-state index in [0.717, 1.165) is 5.69 Å². The molecule has 7 nitrogen and oxygen atoms in total. The van der Waals surface area contributed by atoms with E-state index in [9.17, 15) is 0 Å². The van der Waals surface area contributed by atoms with Crippen molar-refractivity contribution in [1.29, 1.82) is 0 Å². The SMILES string of the molecule is COc1ccc(-c2nc(NN)cc(C(C)(C)C)n2)nn1. The lowest BCUT2D eigenvalue weighted by Crippen LogP contribution is -2.17. The van der Waals surface area contributed by atoms with Gasteiger partial charge in [-0.1, -0.05) is 20.8 Å². The number of anilines is 1. The van der Waals surface area contributed by atoms with Crippen molar-refractivity contribution in [3.63, 3.8) is 0 Å². The van der Waals surface area contributed by atoms with Gasteiger partial charge in [-0.2, -0.15) is 0 Å². The van der Waals surface area contributed by atoms with Gasteiger partial charge in [0.1, 0.15) is 11.5 Å². The Morgan fingerprint density at radius 2 is 1.90 bits per heavy atom. The first-order valence-corrected chi connectivity index (χ1v) is 6.18. The first-order chi connectivity index (χ1) is 9.44. The molecule has 0 unspecified atom stereocenters. The van der Waals surface area contributed by atoms with Crippen LogP contribution in [0.1, 0.15) is 26.5 Å². The quantitative estimate of drug-likeness (QED) is 0.646. The van der Waals surface area contributed by atoms with Gasteiger partial charge in [-0.25, -0.2) is 15.8 Å². The molecule has 0 aliphatic heterocycles. The summed E-state index contributed by atoms with van der Waals surface area (Å²) in [4.78, 5) is 8.83. The number of hydrogen-bond donors (Lipinski definition) is 2. The fourth-order valence-electron chi connectivity index (χ4n) is 1.57. The minimum Gasteiger partial charge on any atom is -0.480 e. The predicted molar refractivity (Wildman–Crippen MR) is 76.1 cm³/mol. The number of ether oxygens (including phenoxy) is 1. The van der Waals surface area contributed by atoms with Crippen molar-refractivity contribution >= 4 is 5.82 Å². The van der Waals surface area contributed by atoms with Gasteiger partial charge in [0.25, 0.3) is 0 Å². The number of rotatable bonds is 3. The highest BCUT2D eigenvalue weighted by atomic mass is 16.5. The van der Waals surface area contributed by atoms with Gasteiger partial charge in [-0.15, -0.1) is 10.2 Å². The summed E-state index contributed by atoms with van der Waals surface area (Å²) < 4.78 is 4.98. The number of hydrazine groups is 1. The van der Waals surface area contributed by atoms with Crippen molar-refractivity contribution in [2.75, 3.05) is 12.5 Å². The molecule has 106 valence electrons. The molecule has 20 heavy (non-hydrogen) atoms. The normalized spacial score (nSPS) is 11.2. The minimum atomic E-state index is -0.122. The smallest absolute Gasteiger partial charge is 0.233 e.